The zero-order valence-electron chi connectivity index (χ0n) is 7.56. The Kier molecular flexibility index (Phi) is 4.54. The van der Waals surface area contributed by atoms with Crippen molar-refractivity contribution in [2.24, 2.45) is 0 Å². The van der Waals surface area contributed by atoms with E-state index >= 15 is 0 Å². The smallest absolute Gasteiger partial charge is 0.340 e. The van der Waals surface area contributed by atoms with Gasteiger partial charge in [0.1, 0.15) is 0 Å². The fourth-order valence-electron chi connectivity index (χ4n) is 0.736. The lowest BCUT2D eigenvalue weighted by molar-refractivity contribution is -0.148. The summed E-state index contributed by atoms with van der Waals surface area (Å²) in [4.78, 5) is 3.65. The molecule has 0 spiro atoms. The van der Waals surface area contributed by atoms with Crippen molar-refractivity contribution < 1.29 is 22.3 Å². The van der Waals surface area contributed by atoms with Gasteiger partial charge in [-0.1, -0.05) is 0 Å². The summed E-state index contributed by atoms with van der Waals surface area (Å²) in [5.41, 5.74) is 0. The molecule has 90 valence electrons. The number of hydrogen-bond acceptors (Lipinski definition) is 2. The number of alkyl halides is 4. The van der Waals surface area contributed by atoms with E-state index in [-0.39, 0.29) is 5.88 Å². The highest BCUT2D eigenvalue weighted by Crippen LogP contribution is 2.28. The number of hydrogen-bond donors (Lipinski definition) is 0. The van der Waals surface area contributed by atoms with Crippen molar-refractivity contribution in [3.63, 3.8) is 0 Å². The average molecular weight is 367 g/mol. The van der Waals surface area contributed by atoms with Crippen LogP contribution in [0.15, 0.2) is 21.2 Å². The van der Waals surface area contributed by atoms with E-state index in [4.69, 9.17) is 0 Å². The van der Waals surface area contributed by atoms with Crippen molar-refractivity contribution in [3.8, 4) is 5.88 Å². The molecule has 0 saturated heterocycles. The molecule has 0 radical (unpaired) electrons. The lowest BCUT2D eigenvalue weighted by atomic mass is 10.4. The van der Waals surface area contributed by atoms with Gasteiger partial charge in [-0.15, -0.1) is 0 Å². The fraction of sp³-hybridized carbons (Fsp3) is 0.375. The quantitative estimate of drug-likeness (QED) is 0.754. The molecule has 0 bridgehead atoms. The molecule has 1 heterocycles. The van der Waals surface area contributed by atoms with Crippen molar-refractivity contribution in [1.82, 2.24) is 4.98 Å². The highest BCUT2D eigenvalue weighted by atomic mass is 79.9. The summed E-state index contributed by atoms with van der Waals surface area (Å²) in [6.45, 7) is -1.42. The molecule has 2 nitrogen and oxygen atoms in total. The van der Waals surface area contributed by atoms with E-state index < -0.39 is 19.0 Å². The van der Waals surface area contributed by atoms with Crippen LogP contribution in [0.3, 0.4) is 0 Å². The summed E-state index contributed by atoms with van der Waals surface area (Å²) < 4.78 is 54.1. The van der Waals surface area contributed by atoms with Gasteiger partial charge in [0.25, 0.3) is 0 Å². The summed E-state index contributed by atoms with van der Waals surface area (Å²) in [6, 6.07) is 1.50. The average Bonchev–Trinajstić information content (AvgIpc) is 2.16. The molecule has 0 N–H and O–H groups in total. The third kappa shape index (κ3) is 3.58. The normalized spacial score (nSPS) is 11.9. The van der Waals surface area contributed by atoms with E-state index in [1.807, 2.05) is 0 Å². The first-order valence-corrected chi connectivity index (χ1v) is 5.51. The minimum absolute atomic E-state index is 0.163. The molecule has 0 aromatic carbocycles. The van der Waals surface area contributed by atoms with E-state index in [0.29, 0.717) is 8.95 Å². The predicted molar refractivity (Wildman–Crippen MR) is 56.1 cm³/mol. The maximum Gasteiger partial charge on any atom is 0.340 e. The van der Waals surface area contributed by atoms with E-state index in [0.717, 1.165) is 0 Å². The zero-order chi connectivity index (χ0) is 12.3. The molecule has 0 aliphatic rings. The summed E-state index contributed by atoms with van der Waals surface area (Å²) >= 11 is 6.10. The molecule has 1 aromatic rings. The van der Waals surface area contributed by atoms with Crippen LogP contribution in [0.5, 0.6) is 5.88 Å². The summed E-state index contributed by atoms with van der Waals surface area (Å²) in [7, 11) is 0. The monoisotopic (exact) mass is 365 g/mol. The molecule has 0 amide bonds. The van der Waals surface area contributed by atoms with Gasteiger partial charge >= 0.3 is 12.3 Å². The van der Waals surface area contributed by atoms with Gasteiger partial charge in [-0.05, 0) is 37.9 Å². The van der Waals surface area contributed by atoms with Crippen LogP contribution in [-0.4, -0.2) is 23.9 Å². The van der Waals surface area contributed by atoms with Crippen LogP contribution in [-0.2, 0) is 0 Å². The summed E-state index contributed by atoms with van der Waals surface area (Å²) in [5, 5.41) is 0. The molecule has 0 aliphatic carbocycles. The van der Waals surface area contributed by atoms with Crippen LogP contribution in [0.1, 0.15) is 0 Å². The van der Waals surface area contributed by atoms with Crippen LogP contribution in [0.2, 0.25) is 0 Å². The van der Waals surface area contributed by atoms with Gasteiger partial charge in [-0.2, -0.15) is 8.78 Å². The molecular weight excluding hydrogens is 362 g/mol. The number of aromatic nitrogens is 1. The van der Waals surface area contributed by atoms with Gasteiger partial charge in [0, 0.05) is 10.7 Å². The minimum Gasteiger partial charge on any atom is -0.470 e. The molecule has 0 unspecified atom stereocenters. The first-order valence-electron chi connectivity index (χ1n) is 3.93. The Hall–Kier alpha value is -0.370. The van der Waals surface area contributed by atoms with Gasteiger partial charge < -0.3 is 4.74 Å². The standard InChI is InChI=1S/C8H5Br2F4NO/c9-4-1-5(10)6(15-2-4)16-3-8(13,14)7(11)12/h1-2,7H,3H2. The second-order valence-electron chi connectivity index (χ2n) is 2.79. The van der Waals surface area contributed by atoms with Gasteiger partial charge in [-0.3, -0.25) is 0 Å². The zero-order valence-corrected chi connectivity index (χ0v) is 10.7. The second kappa shape index (κ2) is 5.31. The minimum atomic E-state index is -4.19. The van der Waals surface area contributed by atoms with Crippen LogP contribution in [0, 0.1) is 0 Å². The van der Waals surface area contributed by atoms with Crippen LogP contribution in [0.25, 0.3) is 0 Å². The maximum absolute atomic E-state index is 12.5. The Morgan fingerprint density at radius 2 is 2.00 bits per heavy atom. The third-order valence-corrected chi connectivity index (χ3v) is 2.50. The SMILES string of the molecule is FC(F)C(F)(F)COc1ncc(Br)cc1Br. The van der Waals surface area contributed by atoms with Crippen molar-refractivity contribution >= 4 is 31.9 Å². The van der Waals surface area contributed by atoms with Gasteiger partial charge in [0.2, 0.25) is 5.88 Å². The molecule has 0 aliphatic heterocycles. The largest absolute Gasteiger partial charge is 0.470 e. The molecule has 8 heteroatoms. The first-order chi connectivity index (χ1) is 7.33. The predicted octanol–water partition coefficient (Wildman–Crippen LogP) is 3.89. The highest BCUT2D eigenvalue weighted by molar-refractivity contribution is 9.11. The Morgan fingerprint density at radius 1 is 1.38 bits per heavy atom. The van der Waals surface area contributed by atoms with Crippen molar-refractivity contribution in [2.45, 2.75) is 12.3 Å². The van der Waals surface area contributed by atoms with Crippen molar-refractivity contribution in [1.29, 1.82) is 0 Å². The molecule has 1 rings (SSSR count). The summed E-state index contributed by atoms with van der Waals surface area (Å²) in [6.07, 6.45) is -2.46. The Morgan fingerprint density at radius 3 is 2.50 bits per heavy atom. The third-order valence-electron chi connectivity index (χ3n) is 1.49. The Balaban J connectivity index is 2.68. The number of halogens is 6. The first kappa shape index (κ1) is 13.7. The van der Waals surface area contributed by atoms with E-state index in [1.165, 1.54) is 12.3 Å². The second-order valence-corrected chi connectivity index (χ2v) is 4.56. The van der Waals surface area contributed by atoms with E-state index in [9.17, 15) is 17.6 Å². The highest BCUT2D eigenvalue weighted by Gasteiger charge is 2.42. The van der Waals surface area contributed by atoms with Gasteiger partial charge in [0.05, 0.1) is 4.47 Å². The van der Waals surface area contributed by atoms with Gasteiger partial charge in [-0.25, -0.2) is 13.8 Å². The molecule has 16 heavy (non-hydrogen) atoms. The fourth-order valence-corrected chi connectivity index (χ4v) is 1.84. The molecule has 0 saturated carbocycles. The molecule has 0 fully saturated rings. The van der Waals surface area contributed by atoms with Crippen molar-refractivity contribution in [2.75, 3.05) is 6.61 Å². The van der Waals surface area contributed by atoms with Crippen molar-refractivity contribution in [3.05, 3.63) is 21.2 Å². The maximum atomic E-state index is 12.5. The lowest BCUT2D eigenvalue weighted by Crippen LogP contribution is -2.33. The number of nitrogens with zero attached hydrogens (tertiary/aromatic N) is 1. The van der Waals surface area contributed by atoms with Gasteiger partial charge in [0.15, 0.2) is 6.61 Å². The number of ether oxygens (including phenoxy) is 1. The number of pyridine rings is 1. The summed E-state index contributed by atoms with van der Waals surface area (Å²) in [5.74, 6) is -4.35. The molecule has 1 aromatic heterocycles. The van der Waals surface area contributed by atoms with E-state index in [2.05, 4.69) is 41.6 Å². The topological polar surface area (TPSA) is 22.1 Å². The van der Waals surface area contributed by atoms with Crippen LogP contribution < -0.4 is 4.74 Å². The van der Waals surface area contributed by atoms with Crippen LogP contribution >= 0.6 is 31.9 Å². The number of rotatable bonds is 4. The van der Waals surface area contributed by atoms with Crippen LogP contribution in [0.4, 0.5) is 17.6 Å². The van der Waals surface area contributed by atoms with E-state index in [1.54, 1.807) is 0 Å². The molecule has 0 atom stereocenters. The lowest BCUT2D eigenvalue weighted by Gasteiger charge is -2.15. The Bertz CT molecular complexity index is 375. The molecular formula is C8H5Br2F4NO. The Labute approximate surface area is 105 Å².